The van der Waals surface area contributed by atoms with Crippen molar-refractivity contribution in [3.05, 3.63) is 66.0 Å². The van der Waals surface area contributed by atoms with Crippen LogP contribution in [-0.2, 0) is 4.79 Å². The Morgan fingerprint density at radius 3 is 2.50 bits per heavy atom. The standard InChI is InChI=1S/C19H19FN4OS/c1-12(14-8-10-16(20)11-9-14)21-18(25)13(2)26-19-22-17(23-24-19)15-6-4-3-5-7-15/h3-13H,1-2H3,(H,21,25)(H,22,23,24)/t12-,13-/m0/s1. The van der Waals surface area contributed by atoms with Crippen molar-refractivity contribution in [1.82, 2.24) is 20.5 Å². The van der Waals surface area contributed by atoms with E-state index in [4.69, 9.17) is 0 Å². The molecule has 0 aliphatic carbocycles. The number of thioether (sulfide) groups is 1. The first-order chi connectivity index (χ1) is 12.5. The molecule has 0 unspecified atom stereocenters. The number of hydrogen-bond acceptors (Lipinski definition) is 4. The summed E-state index contributed by atoms with van der Waals surface area (Å²) in [7, 11) is 0. The van der Waals surface area contributed by atoms with Crippen LogP contribution in [-0.4, -0.2) is 26.3 Å². The largest absolute Gasteiger partial charge is 0.349 e. The summed E-state index contributed by atoms with van der Waals surface area (Å²) in [4.78, 5) is 16.8. The predicted octanol–water partition coefficient (Wildman–Crippen LogP) is 3.97. The van der Waals surface area contributed by atoms with E-state index in [1.807, 2.05) is 37.3 Å². The molecule has 1 aromatic heterocycles. The molecule has 1 amide bonds. The van der Waals surface area contributed by atoms with Gasteiger partial charge in [-0.25, -0.2) is 9.37 Å². The molecule has 2 atom stereocenters. The first-order valence-electron chi connectivity index (χ1n) is 8.23. The molecule has 0 saturated heterocycles. The molecule has 3 aromatic rings. The van der Waals surface area contributed by atoms with Crippen LogP contribution in [0.2, 0.25) is 0 Å². The summed E-state index contributed by atoms with van der Waals surface area (Å²) < 4.78 is 13.0. The van der Waals surface area contributed by atoms with Crippen molar-refractivity contribution in [2.45, 2.75) is 30.3 Å². The highest BCUT2D eigenvalue weighted by Gasteiger charge is 2.19. The molecule has 2 aromatic carbocycles. The third-order valence-electron chi connectivity index (χ3n) is 3.89. The number of nitrogens with zero attached hydrogens (tertiary/aromatic N) is 2. The SMILES string of the molecule is C[C@H](Sc1n[nH]c(-c2ccccc2)n1)C(=O)N[C@@H](C)c1ccc(F)cc1. The van der Waals surface area contributed by atoms with Crippen LogP contribution in [0.15, 0.2) is 59.8 Å². The number of benzene rings is 2. The van der Waals surface area contributed by atoms with E-state index in [2.05, 4.69) is 20.5 Å². The number of aromatic nitrogens is 3. The Labute approximate surface area is 155 Å². The minimum absolute atomic E-state index is 0.127. The van der Waals surface area contributed by atoms with Crippen molar-refractivity contribution in [2.75, 3.05) is 0 Å². The molecule has 3 rings (SSSR count). The third kappa shape index (κ3) is 4.49. The fourth-order valence-corrected chi connectivity index (χ4v) is 3.14. The van der Waals surface area contributed by atoms with Gasteiger partial charge in [0.1, 0.15) is 5.82 Å². The normalized spacial score (nSPS) is 13.2. The first kappa shape index (κ1) is 18.1. The van der Waals surface area contributed by atoms with Gasteiger partial charge in [0.25, 0.3) is 0 Å². The maximum atomic E-state index is 13.0. The van der Waals surface area contributed by atoms with Crippen molar-refractivity contribution in [1.29, 1.82) is 0 Å². The van der Waals surface area contributed by atoms with Crippen molar-refractivity contribution < 1.29 is 9.18 Å². The lowest BCUT2D eigenvalue weighted by Crippen LogP contribution is -2.33. The zero-order valence-electron chi connectivity index (χ0n) is 14.4. The van der Waals surface area contributed by atoms with E-state index >= 15 is 0 Å². The van der Waals surface area contributed by atoms with Gasteiger partial charge in [0, 0.05) is 5.56 Å². The predicted molar refractivity (Wildman–Crippen MR) is 100 cm³/mol. The number of carbonyl (C=O) groups is 1. The van der Waals surface area contributed by atoms with E-state index < -0.39 is 0 Å². The van der Waals surface area contributed by atoms with Crippen LogP contribution in [0, 0.1) is 5.82 Å². The summed E-state index contributed by atoms with van der Waals surface area (Å²) in [6, 6.07) is 15.6. The third-order valence-corrected chi connectivity index (χ3v) is 4.85. The molecule has 0 bridgehead atoms. The minimum atomic E-state index is -0.364. The minimum Gasteiger partial charge on any atom is -0.349 e. The number of aromatic amines is 1. The Hall–Kier alpha value is -2.67. The van der Waals surface area contributed by atoms with Crippen molar-refractivity contribution in [3.8, 4) is 11.4 Å². The Bertz CT molecular complexity index is 867. The highest BCUT2D eigenvalue weighted by Crippen LogP contribution is 2.23. The van der Waals surface area contributed by atoms with Crippen molar-refractivity contribution in [3.63, 3.8) is 0 Å². The summed E-state index contributed by atoms with van der Waals surface area (Å²) in [5.74, 6) is 0.244. The van der Waals surface area contributed by atoms with Gasteiger partial charge in [-0.3, -0.25) is 9.89 Å². The molecular formula is C19H19FN4OS. The number of halogens is 1. The molecule has 0 spiro atoms. The zero-order valence-corrected chi connectivity index (χ0v) is 15.3. The molecule has 1 heterocycles. The van der Waals surface area contributed by atoms with Crippen LogP contribution in [0.25, 0.3) is 11.4 Å². The highest BCUT2D eigenvalue weighted by molar-refractivity contribution is 8.00. The lowest BCUT2D eigenvalue weighted by Gasteiger charge is -2.17. The summed E-state index contributed by atoms with van der Waals surface area (Å²) >= 11 is 1.28. The number of amides is 1. The summed E-state index contributed by atoms with van der Waals surface area (Å²) in [6.45, 7) is 3.67. The highest BCUT2D eigenvalue weighted by atomic mass is 32.2. The quantitative estimate of drug-likeness (QED) is 0.644. The topological polar surface area (TPSA) is 70.7 Å². The fourth-order valence-electron chi connectivity index (χ4n) is 2.40. The lowest BCUT2D eigenvalue weighted by molar-refractivity contribution is -0.120. The Morgan fingerprint density at radius 2 is 1.81 bits per heavy atom. The maximum Gasteiger partial charge on any atom is 0.233 e. The van der Waals surface area contributed by atoms with E-state index in [1.54, 1.807) is 19.1 Å². The second-order valence-corrected chi connectivity index (χ2v) is 7.18. The molecule has 0 aliphatic heterocycles. The van der Waals surface area contributed by atoms with E-state index in [-0.39, 0.29) is 23.0 Å². The molecule has 134 valence electrons. The smallest absolute Gasteiger partial charge is 0.233 e. The number of rotatable bonds is 6. The van der Waals surface area contributed by atoms with Crippen molar-refractivity contribution in [2.24, 2.45) is 0 Å². The maximum absolute atomic E-state index is 13.0. The molecule has 2 N–H and O–H groups in total. The van der Waals surface area contributed by atoms with Crippen LogP contribution in [0.4, 0.5) is 4.39 Å². The average molecular weight is 370 g/mol. The van der Waals surface area contributed by atoms with Crippen LogP contribution >= 0.6 is 11.8 Å². The van der Waals surface area contributed by atoms with Gasteiger partial charge in [0.05, 0.1) is 11.3 Å². The number of H-pyrrole nitrogens is 1. The molecule has 0 saturated carbocycles. The Kier molecular flexibility index (Phi) is 5.68. The number of carbonyl (C=O) groups excluding carboxylic acids is 1. The number of nitrogens with one attached hydrogen (secondary N) is 2. The van der Waals surface area contributed by atoms with Gasteiger partial charge in [-0.2, -0.15) is 0 Å². The van der Waals surface area contributed by atoms with Crippen LogP contribution in [0.5, 0.6) is 0 Å². The van der Waals surface area contributed by atoms with E-state index in [0.29, 0.717) is 11.0 Å². The van der Waals surface area contributed by atoms with E-state index in [0.717, 1.165) is 11.1 Å². The summed E-state index contributed by atoms with van der Waals surface area (Å²) in [6.07, 6.45) is 0. The lowest BCUT2D eigenvalue weighted by atomic mass is 10.1. The molecule has 26 heavy (non-hydrogen) atoms. The number of hydrogen-bond donors (Lipinski definition) is 2. The monoisotopic (exact) mass is 370 g/mol. The van der Waals surface area contributed by atoms with Crippen molar-refractivity contribution >= 4 is 17.7 Å². The van der Waals surface area contributed by atoms with Gasteiger partial charge in [-0.1, -0.05) is 54.2 Å². The summed E-state index contributed by atoms with van der Waals surface area (Å²) in [5, 5.41) is 10.1. The van der Waals surface area contributed by atoms with Crippen LogP contribution in [0.3, 0.4) is 0 Å². The second-order valence-electron chi connectivity index (χ2n) is 5.87. The van der Waals surface area contributed by atoms with Gasteiger partial charge >= 0.3 is 0 Å². The summed E-state index contributed by atoms with van der Waals surface area (Å²) in [5.41, 5.74) is 1.79. The van der Waals surface area contributed by atoms with Gasteiger partial charge < -0.3 is 5.32 Å². The molecule has 0 fully saturated rings. The molecule has 5 nitrogen and oxygen atoms in total. The van der Waals surface area contributed by atoms with E-state index in [9.17, 15) is 9.18 Å². The van der Waals surface area contributed by atoms with Gasteiger partial charge in [-0.05, 0) is 31.5 Å². The van der Waals surface area contributed by atoms with Crippen LogP contribution < -0.4 is 5.32 Å². The Morgan fingerprint density at radius 1 is 1.12 bits per heavy atom. The second kappa shape index (κ2) is 8.14. The zero-order chi connectivity index (χ0) is 18.5. The van der Waals surface area contributed by atoms with Gasteiger partial charge in [-0.15, -0.1) is 5.10 Å². The van der Waals surface area contributed by atoms with Gasteiger partial charge in [0.2, 0.25) is 11.1 Å². The fraction of sp³-hybridized carbons (Fsp3) is 0.211. The molecule has 7 heteroatoms. The first-order valence-corrected chi connectivity index (χ1v) is 9.11. The van der Waals surface area contributed by atoms with Crippen LogP contribution in [0.1, 0.15) is 25.5 Å². The average Bonchev–Trinajstić information content (AvgIpc) is 3.11. The molecule has 0 aliphatic rings. The Balaban J connectivity index is 1.59. The molecular weight excluding hydrogens is 351 g/mol. The van der Waals surface area contributed by atoms with E-state index in [1.165, 1.54) is 23.9 Å². The molecule has 0 radical (unpaired) electrons. The van der Waals surface area contributed by atoms with Gasteiger partial charge in [0.15, 0.2) is 5.82 Å².